The molecule has 1 saturated carbocycles. The molecule has 0 N–H and O–H groups in total. The van der Waals surface area contributed by atoms with Gasteiger partial charge in [0.2, 0.25) is 5.16 Å². The summed E-state index contributed by atoms with van der Waals surface area (Å²) >= 11 is 1.36. The number of tetrazole rings is 1. The molecule has 0 spiro atoms. The van der Waals surface area contributed by atoms with Crippen molar-refractivity contribution in [3.8, 4) is 5.69 Å². The highest BCUT2D eigenvalue weighted by atomic mass is 32.2. The average Bonchev–Trinajstić information content (AvgIpc) is 3.27. The maximum atomic E-state index is 13.6. The molecule has 0 aliphatic heterocycles. The van der Waals surface area contributed by atoms with Crippen molar-refractivity contribution in [3.05, 3.63) is 53.1 Å². The van der Waals surface area contributed by atoms with Gasteiger partial charge in [0.25, 0.3) is 0 Å². The van der Waals surface area contributed by atoms with Crippen LogP contribution in [-0.2, 0) is 0 Å². The Balaban J connectivity index is 1.55. The fraction of sp³-hybridized carbons (Fsp3) is 0.333. The smallest absolute Gasteiger partial charge is 0.210 e. The number of nitrogens with zero attached hydrogens (tertiary/aromatic N) is 5. The van der Waals surface area contributed by atoms with Crippen molar-refractivity contribution in [2.24, 2.45) is 0 Å². The van der Waals surface area contributed by atoms with E-state index in [1.807, 2.05) is 30.5 Å². The molecule has 0 amide bonds. The third kappa shape index (κ3) is 3.16. The Hall–Kier alpha value is -2.48. The van der Waals surface area contributed by atoms with Crippen LogP contribution in [0.2, 0.25) is 0 Å². The van der Waals surface area contributed by atoms with Crippen molar-refractivity contribution in [1.29, 1.82) is 0 Å². The summed E-state index contributed by atoms with van der Waals surface area (Å²) in [6.45, 7) is 3.79. The summed E-state index contributed by atoms with van der Waals surface area (Å²) in [6, 6.07) is 8.60. The van der Waals surface area contributed by atoms with E-state index in [4.69, 9.17) is 0 Å². The van der Waals surface area contributed by atoms with E-state index in [1.54, 1.807) is 10.7 Å². The van der Waals surface area contributed by atoms with Crippen LogP contribution in [0.5, 0.6) is 0 Å². The molecule has 0 bridgehead atoms. The number of halogens is 1. The summed E-state index contributed by atoms with van der Waals surface area (Å²) in [7, 11) is 0. The molecule has 0 atom stereocenters. The number of hydrogen-bond donors (Lipinski definition) is 0. The van der Waals surface area contributed by atoms with Crippen molar-refractivity contribution in [2.45, 2.75) is 37.9 Å². The Bertz CT molecular complexity index is 976. The topological polar surface area (TPSA) is 65.6 Å². The zero-order valence-electron chi connectivity index (χ0n) is 14.5. The third-order valence-corrected chi connectivity index (χ3v) is 5.42. The van der Waals surface area contributed by atoms with Gasteiger partial charge in [-0.1, -0.05) is 17.8 Å². The van der Waals surface area contributed by atoms with Crippen LogP contribution in [-0.4, -0.2) is 36.3 Å². The highest BCUT2D eigenvalue weighted by molar-refractivity contribution is 7.99. The molecular weight excluding hydrogens is 353 g/mol. The van der Waals surface area contributed by atoms with Crippen molar-refractivity contribution in [1.82, 2.24) is 24.8 Å². The van der Waals surface area contributed by atoms with Crippen molar-refractivity contribution >= 4 is 17.5 Å². The molecule has 134 valence electrons. The van der Waals surface area contributed by atoms with E-state index in [0.29, 0.717) is 22.4 Å². The Morgan fingerprint density at radius 2 is 2.12 bits per heavy atom. The number of carbonyl (C=O) groups is 1. The van der Waals surface area contributed by atoms with Crippen molar-refractivity contribution in [3.63, 3.8) is 0 Å². The predicted octanol–water partition coefficient (Wildman–Crippen LogP) is 3.53. The first-order chi connectivity index (χ1) is 12.5. The van der Waals surface area contributed by atoms with E-state index < -0.39 is 0 Å². The molecule has 2 aromatic heterocycles. The molecule has 6 nitrogen and oxygen atoms in total. The Labute approximate surface area is 154 Å². The van der Waals surface area contributed by atoms with Gasteiger partial charge in [-0.2, -0.15) is 0 Å². The zero-order valence-corrected chi connectivity index (χ0v) is 15.3. The van der Waals surface area contributed by atoms with Gasteiger partial charge in [0.1, 0.15) is 5.82 Å². The van der Waals surface area contributed by atoms with Gasteiger partial charge < -0.3 is 4.57 Å². The lowest BCUT2D eigenvalue weighted by Gasteiger charge is -2.10. The molecule has 3 aromatic rings. The number of ketones is 1. The van der Waals surface area contributed by atoms with E-state index >= 15 is 0 Å². The molecule has 4 rings (SSSR count). The fourth-order valence-corrected chi connectivity index (χ4v) is 3.92. The zero-order chi connectivity index (χ0) is 18.3. The summed E-state index contributed by atoms with van der Waals surface area (Å²) in [6.07, 6.45) is 2.17. The Morgan fingerprint density at radius 1 is 1.31 bits per heavy atom. The summed E-state index contributed by atoms with van der Waals surface area (Å²) in [4.78, 5) is 12.7. The Kier molecular flexibility index (Phi) is 4.36. The van der Waals surface area contributed by atoms with Crippen LogP contribution >= 0.6 is 11.8 Å². The SMILES string of the molecule is Cc1cc(C(=O)CSc2nnnn2C2CC2)c(C)n1-c1cccc(F)c1. The molecule has 26 heavy (non-hydrogen) atoms. The van der Waals surface area contributed by atoms with Crippen molar-refractivity contribution < 1.29 is 9.18 Å². The number of Topliss-reactive ketones (excluding diaryl/α,β-unsaturated/α-hetero) is 1. The van der Waals surface area contributed by atoms with Gasteiger partial charge in [-0.25, -0.2) is 9.07 Å². The molecule has 1 fully saturated rings. The van der Waals surface area contributed by atoms with Gasteiger partial charge in [-0.05, 0) is 61.4 Å². The van der Waals surface area contributed by atoms with Crippen LogP contribution in [0.15, 0.2) is 35.5 Å². The fourth-order valence-electron chi connectivity index (χ4n) is 3.09. The highest BCUT2D eigenvalue weighted by Gasteiger charge is 2.28. The monoisotopic (exact) mass is 371 g/mol. The average molecular weight is 371 g/mol. The van der Waals surface area contributed by atoms with Gasteiger partial charge in [0.15, 0.2) is 5.78 Å². The summed E-state index contributed by atoms with van der Waals surface area (Å²) in [5.41, 5.74) is 3.05. The lowest BCUT2D eigenvalue weighted by molar-refractivity contribution is 0.102. The Morgan fingerprint density at radius 3 is 2.85 bits per heavy atom. The van der Waals surface area contributed by atoms with Crippen molar-refractivity contribution in [2.75, 3.05) is 5.75 Å². The van der Waals surface area contributed by atoms with Crippen LogP contribution in [0.4, 0.5) is 4.39 Å². The number of carbonyl (C=O) groups excluding carboxylic acids is 1. The maximum Gasteiger partial charge on any atom is 0.210 e. The van der Waals surface area contributed by atoms with Crippen LogP contribution in [0.3, 0.4) is 0 Å². The lowest BCUT2D eigenvalue weighted by Crippen LogP contribution is -2.07. The number of thioether (sulfide) groups is 1. The molecule has 1 aliphatic carbocycles. The van der Waals surface area contributed by atoms with Crippen LogP contribution < -0.4 is 0 Å². The molecule has 1 aromatic carbocycles. The molecule has 1 aliphatic rings. The van der Waals surface area contributed by atoms with E-state index in [2.05, 4.69) is 15.5 Å². The van der Waals surface area contributed by atoms with E-state index in [9.17, 15) is 9.18 Å². The second-order valence-electron chi connectivity index (χ2n) is 6.45. The molecule has 0 unspecified atom stereocenters. The first-order valence-corrected chi connectivity index (χ1v) is 9.42. The quantitative estimate of drug-likeness (QED) is 0.490. The van der Waals surface area contributed by atoms with E-state index in [-0.39, 0.29) is 17.4 Å². The summed E-state index contributed by atoms with van der Waals surface area (Å²) < 4.78 is 17.3. The molecule has 2 heterocycles. The van der Waals surface area contributed by atoms with Gasteiger partial charge in [-0.15, -0.1) is 5.10 Å². The lowest BCUT2D eigenvalue weighted by atomic mass is 10.2. The maximum absolute atomic E-state index is 13.6. The highest BCUT2D eigenvalue weighted by Crippen LogP contribution is 2.36. The second-order valence-corrected chi connectivity index (χ2v) is 7.39. The van der Waals surface area contributed by atoms with Gasteiger partial charge in [0, 0.05) is 22.6 Å². The number of aryl methyl sites for hydroxylation is 1. The number of rotatable bonds is 6. The van der Waals surface area contributed by atoms with Gasteiger partial charge in [0.05, 0.1) is 11.8 Å². The minimum Gasteiger partial charge on any atom is -0.318 e. The molecule has 0 saturated heterocycles. The molecule has 0 radical (unpaired) electrons. The van der Waals surface area contributed by atoms with E-state index in [0.717, 1.165) is 24.2 Å². The minimum absolute atomic E-state index is 0.0103. The predicted molar refractivity (Wildman–Crippen MR) is 96.3 cm³/mol. The second kappa shape index (κ2) is 6.68. The standard InChI is InChI=1S/C18H18FN5OS/c1-11-8-16(12(2)23(11)15-5-3-4-13(19)9-15)17(25)10-26-18-20-21-22-24(18)14-6-7-14/h3-5,8-9,14H,6-7,10H2,1-2H3. The minimum atomic E-state index is -0.301. The largest absolute Gasteiger partial charge is 0.318 e. The van der Waals surface area contributed by atoms with Gasteiger partial charge >= 0.3 is 0 Å². The summed E-state index contributed by atoms with van der Waals surface area (Å²) in [5, 5.41) is 12.4. The van der Waals surface area contributed by atoms with Crippen LogP contribution in [0, 0.1) is 19.7 Å². The normalized spacial score (nSPS) is 14.0. The first kappa shape index (κ1) is 17.0. The number of aromatic nitrogens is 5. The molecular formula is C18H18FN5OS. The van der Waals surface area contributed by atoms with Crippen LogP contribution in [0.25, 0.3) is 5.69 Å². The first-order valence-electron chi connectivity index (χ1n) is 8.43. The van der Waals surface area contributed by atoms with Gasteiger partial charge in [-0.3, -0.25) is 4.79 Å². The molecule has 8 heteroatoms. The van der Waals surface area contributed by atoms with E-state index in [1.165, 1.54) is 23.9 Å². The third-order valence-electron chi connectivity index (χ3n) is 4.49. The van der Waals surface area contributed by atoms with Crippen LogP contribution in [0.1, 0.15) is 40.6 Å². The summed E-state index contributed by atoms with van der Waals surface area (Å²) in [5.74, 6) is -0.0259. The number of hydrogen-bond acceptors (Lipinski definition) is 5. The number of benzene rings is 1.